The Balaban J connectivity index is 1.95. The fraction of sp³-hybridized carbons (Fsp3) is 0.308. The van der Waals surface area contributed by atoms with E-state index >= 15 is 0 Å². The van der Waals surface area contributed by atoms with Crippen molar-refractivity contribution >= 4 is 17.9 Å². The summed E-state index contributed by atoms with van der Waals surface area (Å²) in [5, 5.41) is 8.63. The normalized spacial score (nSPS) is 9.97. The zero-order valence-electron chi connectivity index (χ0n) is 18.9. The Labute approximate surface area is 198 Å². The molecule has 178 valence electrons. The molecule has 0 bridgehead atoms. The average Bonchev–Trinajstić information content (AvgIpc) is 2.86. The number of nitrogens with zero attached hydrogens (tertiary/aromatic N) is 1. The average molecular weight is 466 g/mol. The summed E-state index contributed by atoms with van der Waals surface area (Å²) >= 11 is 0. The second kappa shape index (κ2) is 14.9. The van der Waals surface area contributed by atoms with E-state index in [1.54, 1.807) is 36.4 Å². The molecule has 0 N–H and O–H groups in total. The van der Waals surface area contributed by atoms with E-state index in [0.717, 1.165) is 31.8 Å². The number of carbonyl (C=O) groups excluding carboxylic acids is 3. The molecule has 34 heavy (non-hydrogen) atoms. The summed E-state index contributed by atoms with van der Waals surface area (Å²) in [5.74, 6) is -1.30. The van der Waals surface area contributed by atoms with E-state index in [9.17, 15) is 14.4 Å². The largest absolute Gasteiger partial charge is 0.493 e. The van der Waals surface area contributed by atoms with Crippen LogP contribution in [0.1, 0.15) is 52.8 Å². The fourth-order valence-corrected chi connectivity index (χ4v) is 2.83. The molecule has 0 aliphatic carbocycles. The zero-order chi connectivity index (χ0) is 24.6. The lowest BCUT2D eigenvalue weighted by atomic mass is 10.2. The van der Waals surface area contributed by atoms with Crippen molar-refractivity contribution in [2.75, 3.05) is 19.8 Å². The highest BCUT2D eigenvalue weighted by Gasteiger charge is 2.19. The van der Waals surface area contributed by atoms with Gasteiger partial charge in [-0.2, -0.15) is 5.26 Å². The van der Waals surface area contributed by atoms with Crippen LogP contribution in [0.4, 0.5) is 0 Å². The molecule has 0 heterocycles. The molecule has 0 fully saturated rings. The fourth-order valence-electron chi connectivity index (χ4n) is 2.83. The van der Waals surface area contributed by atoms with Gasteiger partial charge in [-0.05, 0) is 49.9 Å². The van der Waals surface area contributed by atoms with Crippen LogP contribution in [-0.2, 0) is 14.3 Å². The lowest BCUT2D eigenvalue weighted by Gasteiger charge is -2.13. The lowest BCUT2D eigenvalue weighted by Crippen LogP contribution is -2.13. The molecule has 0 spiro atoms. The molecule has 0 aliphatic rings. The van der Waals surface area contributed by atoms with Crippen LogP contribution >= 0.6 is 0 Å². The van der Waals surface area contributed by atoms with Gasteiger partial charge in [0.2, 0.25) is 0 Å². The first-order valence-electron chi connectivity index (χ1n) is 10.9. The Morgan fingerprint density at radius 3 is 2.32 bits per heavy atom. The van der Waals surface area contributed by atoms with Crippen molar-refractivity contribution < 1.29 is 33.3 Å². The Bertz CT molecular complexity index is 1010. The van der Waals surface area contributed by atoms with Crippen LogP contribution in [0, 0.1) is 11.3 Å². The molecule has 0 radical (unpaired) electrons. The third-order valence-electron chi connectivity index (χ3n) is 4.55. The Hall–Kier alpha value is -4.12. The highest BCUT2D eigenvalue weighted by molar-refractivity contribution is 5.96. The van der Waals surface area contributed by atoms with E-state index in [2.05, 4.69) is 6.58 Å². The highest BCUT2D eigenvalue weighted by Crippen LogP contribution is 2.27. The van der Waals surface area contributed by atoms with E-state index in [-0.39, 0.29) is 24.3 Å². The molecule has 2 aromatic carbocycles. The number of hydrogen-bond acceptors (Lipinski definition) is 8. The van der Waals surface area contributed by atoms with Crippen molar-refractivity contribution in [3.05, 3.63) is 72.3 Å². The number of benzene rings is 2. The van der Waals surface area contributed by atoms with Crippen molar-refractivity contribution in [1.82, 2.24) is 0 Å². The monoisotopic (exact) mass is 465 g/mol. The molecule has 8 nitrogen and oxygen atoms in total. The summed E-state index contributed by atoms with van der Waals surface area (Å²) < 4.78 is 21.2. The molecule has 0 atom stereocenters. The standard InChI is InChI=1S/C26H27NO7/c1-2-24(28)32-17-9-4-3-8-16-31-21-13-14-22(26(30)33-18-10-15-27)23(19-21)34-25(29)20-11-6-5-7-12-20/h2,5-7,11-14,19H,1,3-4,8-10,16-18H2. The number of ether oxygens (including phenoxy) is 4. The summed E-state index contributed by atoms with van der Waals surface area (Å²) in [6.07, 6.45) is 4.47. The second-order valence-corrected chi connectivity index (χ2v) is 7.09. The third-order valence-corrected chi connectivity index (χ3v) is 4.55. The van der Waals surface area contributed by atoms with Gasteiger partial charge in [-0.3, -0.25) is 0 Å². The van der Waals surface area contributed by atoms with Gasteiger partial charge in [0.05, 0.1) is 31.3 Å². The summed E-state index contributed by atoms with van der Waals surface area (Å²) in [5.41, 5.74) is 0.389. The topological polar surface area (TPSA) is 112 Å². The number of rotatable bonds is 14. The molecule has 0 saturated carbocycles. The van der Waals surface area contributed by atoms with Crippen LogP contribution in [-0.4, -0.2) is 37.7 Å². The van der Waals surface area contributed by atoms with Crippen molar-refractivity contribution in [3.63, 3.8) is 0 Å². The van der Waals surface area contributed by atoms with E-state index < -0.39 is 17.9 Å². The van der Waals surface area contributed by atoms with Gasteiger partial charge in [-0.25, -0.2) is 14.4 Å². The first kappa shape index (κ1) is 26.1. The van der Waals surface area contributed by atoms with Crippen LogP contribution < -0.4 is 9.47 Å². The second-order valence-electron chi connectivity index (χ2n) is 7.09. The zero-order valence-corrected chi connectivity index (χ0v) is 18.9. The minimum atomic E-state index is -0.699. The highest BCUT2D eigenvalue weighted by atomic mass is 16.6. The maximum Gasteiger partial charge on any atom is 0.343 e. The molecule has 2 aromatic rings. The van der Waals surface area contributed by atoms with E-state index in [4.69, 9.17) is 24.2 Å². The van der Waals surface area contributed by atoms with Crippen molar-refractivity contribution in [2.45, 2.75) is 32.1 Å². The van der Waals surface area contributed by atoms with Crippen molar-refractivity contribution in [1.29, 1.82) is 5.26 Å². The number of esters is 3. The predicted molar refractivity (Wildman–Crippen MR) is 123 cm³/mol. The minimum absolute atomic E-state index is 0.0114. The SMILES string of the molecule is C=CC(=O)OCCCCCCOc1ccc(C(=O)OCCC#N)c(OC(=O)c2ccccc2)c1. The van der Waals surface area contributed by atoms with Crippen LogP contribution in [0.3, 0.4) is 0 Å². The molecule has 0 saturated heterocycles. The number of nitriles is 1. The van der Waals surface area contributed by atoms with Gasteiger partial charge in [-0.15, -0.1) is 0 Å². The Morgan fingerprint density at radius 1 is 0.882 bits per heavy atom. The quantitative estimate of drug-likeness (QED) is 0.172. The summed E-state index contributed by atoms with van der Waals surface area (Å²) in [7, 11) is 0. The van der Waals surface area contributed by atoms with Gasteiger partial charge in [0.1, 0.15) is 23.7 Å². The Morgan fingerprint density at radius 2 is 1.62 bits per heavy atom. The van der Waals surface area contributed by atoms with Gasteiger partial charge in [0, 0.05) is 12.1 Å². The first-order chi connectivity index (χ1) is 16.5. The minimum Gasteiger partial charge on any atom is -0.493 e. The van der Waals surface area contributed by atoms with Gasteiger partial charge in [-0.1, -0.05) is 24.8 Å². The van der Waals surface area contributed by atoms with Gasteiger partial charge in [0.25, 0.3) is 0 Å². The van der Waals surface area contributed by atoms with Gasteiger partial charge in [0.15, 0.2) is 0 Å². The maximum absolute atomic E-state index is 12.5. The predicted octanol–water partition coefficient (Wildman–Crippen LogP) is 4.64. The van der Waals surface area contributed by atoms with Gasteiger partial charge < -0.3 is 18.9 Å². The molecule has 8 heteroatoms. The van der Waals surface area contributed by atoms with E-state index in [1.807, 2.05) is 6.07 Å². The van der Waals surface area contributed by atoms with Crippen LogP contribution in [0.15, 0.2) is 61.2 Å². The summed E-state index contributed by atoms with van der Waals surface area (Å²) in [6, 6.07) is 14.8. The van der Waals surface area contributed by atoms with Crippen LogP contribution in [0.25, 0.3) is 0 Å². The molecular formula is C26H27NO7. The number of carbonyl (C=O) groups is 3. The van der Waals surface area contributed by atoms with E-state index in [0.29, 0.717) is 24.5 Å². The smallest absolute Gasteiger partial charge is 0.343 e. The molecule has 0 amide bonds. The summed E-state index contributed by atoms with van der Waals surface area (Å²) in [4.78, 5) is 35.9. The Kier molecular flexibility index (Phi) is 11.4. The van der Waals surface area contributed by atoms with Crippen molar-refractivity contribution in [3.8, 4) is 17.6 Å². The third kappa shape index (κ3) is 9.17. The molecular weight excluding hydrogens is 438 g/mol. The lowest BCUT2D eigenvalue weighted by molar-refractivity contribution is -0.137. The summed E-state index contributed by atoms with van der Waals surface area (Å²) in [6.45, 7) is 4.05. The van der Waals surface area contributed by atoms with Crippen LogP contribution in [0.5, 0.6) is 11.5 Å². The molecule has 0 aromatic heterocycles. The number of unbranched alkanes of at least 4 members (excludes halogenated alkanes) is 3. The van der Waals surface area contributed by atoms with Gasteiger partial charge >= 0.3 is 17.9 Å². The molecule has 0 aliphatic heterocycles. The number of hydrogen-bond donors (Lipinski definition) is 0. The van der Waals surface area contributed by atoms with Crippen LogP contribution in [0.2, 0.25) is 0 Å². The van der Waals surface area contributed by atoms with E-state index in [1.165, 1.54) is 12.1 Å². The van der Waals surface area contributed by atoms with Crippen molar-refractivity contribution in [2.24, 2.45) is 0 Å². The first-order valence-corrected chi connectivity index (χ1v) is 10.9. The molecule has 2 rings (SSSR count). The molecule has 0 unspecified atom stereocenters. The maximum atomic E-state index is 12.5.